The second-order valence-electron chi connectivity index (χ2n) is 4.99. The molecule has 0 unspecified atom stereocenters. The molecule has 3 nitrogen and oxygen atoms in total. The van der Waals surface area contributed by atoms with Crippen molar-refractivity contribution >= 4 is 11.6 Å². The maximum atomic E-state index is 5.82. The molecule has 19 heavy (non-hydrogen) atoms. The summed E-state index contributed by atoms with van der Waals surface area (Å²) in [4.78, 5) is 0. The Labute approximate surface area is 120 Å². The van der Waals surface area contributed by atoms with E-state index in [0.29, 0.717) is 12.6 Å². The van der Waals surface area contributed by atoms with Gasteiger partial charge in [-0.25, -0.2) is 0 Å². The van der Waals surface area contributed by atoms with Gasteiger partial charge < -0.3 is 14.8 Å². The highest BCUT2D eigenvalue weighted by atomic mass is 35.5. The standard InChI is InChI=1S/C15H22ClNO2/c1-12(13-6-9-18-10-7-13)17-8-11-19-15-4-2-14(16)3-5-15/h2-5,12-13,17H,6-11H2,1H3/t12-/m1/s1. The largest absolute Gasteiger partial charge is 0.492 e. The van der Waals surface area contributed by atoms with Gasteiger partial charge in [-0.05, 0) is 49.9 Å². The Hall–Kier alpha value is -0.770. The lowest BCUT2D eigenvalue weighted by molar-refractivity contribution is 0.0556. The number of rotatable bonds is 6. The minimum absolute atomic E-state index is 0.526. The van der Waals surface area contributed by atoms with Crippen LogP contribution in [0.2, 0.25) is 5.02 Å². The molecule has 1 fully saturated rings. The molecule has 1 saturated heterocycles. The molecule has 1 aliphatic heterocycles. The predicted molar refractivity (Wildman–Crippen MR) is 78.0 cm³/mol. The highest BCUT2D eigenvalue weighted by molar-refractivity contribution is 6.30. The highest BCUT2D eigenvalue weighted by Crippen LogP contribution is 2.18. The summed E-state index contributed by atoms with van der Waals surface area (Å²) in [6.07, 6.45) is 2.32. The lowest BCUT2D eigenvalue weighted by atomic mass is 9.93. The molecule has 4 heteroatoms. The Morgan fingerprint density at radius 3 is 2.68 bits per heavy atom. The normalized spacial score (nSPS) is 18.2. The Morgan fingerprint density at radius 2 is 2.00 bits per heavy atom. The van der Waals surface area contributed by atoms with Crippen molar-refractivity contribution in [3.05, 3.63) is 29.3 Å². The molecule has 2 rings (SSSR count). The Morgan fingerprint density at radius 1 is 1.32 bits per heavy atom. The van der Waals surface area contributed by atoms with Crippen LogP contribution >= 0.6 is 11.6 Å². The smallest absolute Gasteiger partial charge is 0.119 e. The maximum absolute atomic E-state index is 5.82. The van der Waals surface area contributed by atoms with Crippen LogP contribution in [0.4, 0.5) is 0 Å². The van der Waals surface area contributed by atoms with E-state index in [4.69, 9.17) is 21.1 Å². The van der Waals surface area contributed by atoms with Crippen molar-refractivity contribution < 1.29 is 9.47 Å². The van der Waals surface area contributed by atoms with Gasteiger partial charge in [-0.15, -0.1) is 0 Å². The van der Waals surface area contributed by atoms with Gasteiger partial charge >= 0.3 is 0 Å². The van der Waals surface area contributed by atoms with Crippen molar-refractivity contribution in [2.24, 2.45) is 5.92 Å². The second kappa shape index (κ2) is 7.73. The first-order valence-electron chi connectivity index (χ1n) is 6.95. The number of benzene rings is 1. The molecular formula is C15H22ClNO2. The average Bonchev–Trinajstić information content (AvgIpc) is 2.46. The van der Waals surface area contributed by atoms with Gasteiger partial charge in [0.1, 0.15) is 12.4 Å². The van der Waals surface area contributed by atoms with Crippen LogP contribution in [-0.4, -0.2) is 32.4 Å². The van der Waals surface area contributed by atoms with Crippen LogP contribution in [0, 0.1) is 5.92 Å². The molecule has 0 radical (unpaired) electrons. The molecule has 0 aliphatic carbocycles. The molecule has 0 aromatic heterocycles. The zero-order valence-electron chi connectivity index (χ0n) is 11.4. The van der Waals surface area contributed by atoms with Gasteiger partial charge in [0.15, 0.2) is 0 Å². The lowest BCUT2D eigenvalue weighted by Crippen LogP contribution is -2.38. The minimum Gasteiger partial charge on any atom is -0.492 e. The number of hydrogen-bond acceptors (Lipinski definition) is 3. The third-order valence-electron chi connectivity index (χ3n) is 3.62. The van der Waals surface area contributed by atoms with Gasteiger partial charge in [-0.3, -0.25) is 0 Å². The van der Waals surface area contributed by atoms with Gasteiger partial charge in [-0.2, -0.15) is 0 Å². The quantitative estimate of drug-likeness (QED) is 0.814. The summed E-state index contributed by atoms with van der Waals surface area (Å²) >= 11 is 5.82. The van der Waals surface area contributed by atoms with Crippen molar-refractivity contribution in [3.63, 3.8) is 0 Å². The zero-order valence-corrected chi connectivity index (χ0v) is 12.2. The van der Waals surface area contributed by atoms with Crippen LogP contribution in [-0.2, 0) is 4.74 Å². The van der Waals surface area contributed by atoms with E-state index in [0.717, 1.165) is 49.3 Å². The van der Waals surface area contributed by atoms with Crippen molar-refractivity contribution in [1.29, 1.82) is 0 Å². The van der Waals surface area contributed by atoms with E-state index in [1.807, 2.05) is 24.3 Å². The summed E-state index contributed by atoms with van der Waals surface area (Å²) < 4.78 is 11.0. The summed E-state index contributed by atoms with van der Waals surface area (Å²) in [5.41, 5.74) is 0. The molecular weight excluding hydrogens is 262 g/mol. The van der Waals surface area contributed by atoms with Crippen LogP contribution in [0.3, 0.4) is 0 Å². The molecule has 106 valence electrons. The van der Waals surface area contributed by atoms with E-state index in [1.165, 1.54) is 0 Å². The fraction of sp³-hybridized carbons (Fsp3) is 0.600. The van der Waals surface area contributed by atoms with Crippen LogP contribution in [0.25, 0.3) is 0 Å². The van der Waals surface area contributed by atoms with Crippen LogP contribution < -0.4 is 10.1 Å². The van der Waals surface area contributed by atoms with E-state index in [9.17, 15) is 0 Å². The topological polar surface area (TPSA) is 30.5 Å². The van der Waals surface area contributed by atoms with Crippen LogP contribution in [0.1, 0.15) is 19.8 Å². The third kappa shape index (κ3) is 5.01. The van der Waals surface area contributed by atoms with Crippen molar-refractivity contribution in [3.8, 4) is 5.75 Å². The Bertz CT molecular complexity index is 363. The van der Waals surface area contributed by atoms with Gasteiger partial charge in [0, 0.05) is 30.8 Å². The SMILES string of the molecule is C[C@@H](NCCOc1ccc(Cl)cc1)C1CCOCC1. The van der Waals surface area contributed by atoms with E-state index in [1.54, 1.807) is 0 Å². The van der Waals surface area contributed by atoms with E-state index >= 15 is 0 Å². The minimum atomic E-state index is 0.526. The highest BCUT2D eigenvalue weighted by Gasteiger charge is 2.19. The second-order valence-corrected chi connectivity index (χ2v) is 5.43. The number of halogens is 1. The number of hydrogen-bond donors (Lipinski definition) is 1. The Kier molecular flexibility index (Phi) is 5.95. The van der Waals surface area contributed by atoms with Crippen LogP contribution in [0.5, 0.6) is 5.75 Å². The first-order chi connectivity index (χ1) is 9.25. The van der Waals surface area contributed by atoms with Crippen molar-refractivity contribution in [2.45, 2.75) is 25.8 Å². The van der Waals surface area contributed by atoms with E-state index in [-0.39, 0.29) is 0 Å². The molecule has 1 heterocycles. The predicted octanol–water partition coefficient (Wildman–Crippen LogP) is 3.12. The summed E-state index contributed by atoms with van der Waals surface area (Å²) in [5.74, 6) is 1.59. The summed E-state index contributed by atoms with van der Waals surface area (Å²) in [5, 5.41) is 4.26. The number of nitrogens with one attached hydrogen (secondary N) is 1. The molecule has 0 saturated carbocycles. The first-order valence-corrected chi connectivity index (χ1v) is 7.33. The van der Waals surface area contributed by atoms with Crippen LogP contribution in [0.15, 0.2) is 24.3 Å². The molecule has 0 bridgehead atoms. The van der Waals surface area contributed by atoms with Crippen molar-refractivity contribution in [1.82, 2.24) is 5.32 Å². The molecule has 1 N–H and O–H groups in total. The third-order valence-corrected chi connectivity index (χ3v) is 3.88. The first kappa shape index (κ1) is 14.6. The molecule has 1 aromatic carbocycles. The summed E-state index contributed by atoms with van der Waals surface area (Å²) in [6, 6.07) is 8.00. The molecule has 1 aliphatic rings. The maximum Gasteiger partial charge on any atom is 0.119 e. The molecule has 0 spiro atoms. The van der Waals surface area contributed by atoms with E-state index < -0.39 is 0 Å². The van der Waals surface area contributed by atoms with Gasteiger partial charge in [0.05, 0.1) is 0 Å². The number of ether oxygens (including phenoxy) is 2. The molecule has 1 aromatic rings. The molecule has 1 atom stereocenters. The summed E-state index contributed by atoms with van der Waals surface area (Å²) in [6.45, 7) is 5.59. The van der Waals surface area contributed by atoms with E-state index in [2.05, 4.69) is 12.2 Å². The fourth-order valence-electron chi connectivity index (χ4n) is 2.37. The van der Waals surface area contributed by atoms with Crippen molar-refractivity contribution in [2.75, 3.05) is 26.4 Å². The van der Waals surface area contributed by atoms with Gasteiger partial charge in [0.25, 0.3) is 0 Å². The monoisotopic (exact) mass is 283 g/mol. The van der Waals surface area contributed by atoms with Gasteiger partial charge in [-0.1, -0.05) is 11.6 Å². The fourth-order valence-corrected chi connectivity index (χ4v) is 2.49. The summed E-state index contributed by atoms with van der Waals surface area (Å²) in [7, 11) is 0. The Balaban J connectivity index is 1.62. The van der Waals surface area contributed by atoms with Gasteiger partial charge in [0.2, 0.25) is 0 Å². The molecule has 0 amide bonds. The zero-order chi connectivity index (χ0) is 13.5. The average molecular weight is 284 g/mol. The lowest BCUT2D eigenvalue weighted by Gasteiger charge is -2.28.